The molecule has 1 N–H and O–H groups in total. The van der Waals surface area contributed by atoms with Gasteiger partial charge in [-0.15, -0.1) is 0 Å². The van der Waals surface area contributed by atoms with Gasteiger partial charge >= 0.3 is 5.97 Å². The van der Waals surface area contributed by atoms with Crippen LogP contribution >= 0.6 is 0 Å². The van der Waals surface area contributed by atoms with E-state index in [2.05, 4.69) is 4.98 Å². The van der Waals surface area contributed by atoms with Gasteiger partial charge in [-0.25, -0.2) is 4.39 Å². The zero-order chi connectivity index (χ0) is 12.4. The number of anilines is 1. The van der Waals surface area contributed by atoms with E-state index in [1.165, 1.54) is 18.3 Å². The van der Waals surface area contributed by atoms with Gasteiger partial charge < -0.3 is 10.0 Å². The fourth-order valence-electron chi connectivity index (χ4n) is 1.73. The molecule has 1 aromatic carbocycles. The van der Waals surface area contributed by atoms with Gasteiger partial charge in [0.05, 0.1) is 5.52 Å². The molecule has 0 radical (unpaired) electrons. The van der Waals surface area contributed by atoms with Crippen LogP contribution in [0.25, 0.3) is 10.9 Å². The van der Waals surface area contributed by atoms with Crippen LogP contribution < -0.4 is 4.90 Å². The molecule has 0 aliphatic rings. The normalized spacial score (nSPS) is 10.5. The molecule has 5 heteroatoms. The van der Waals surface area contributed by atoms with Gasteiger partial charge in [0.2, 0.25) is 0 Å². The van der Waals surface area contributed by atoms with Crippen molar-refractivity contribution in [2.75, 3.05) is 18.5 Å². The number of rotatable bonds is 3. The lowest BCUT2D eigenvalue weighted by molar-refractivity contribution is -0.135. The van der Waals surface area contributed by atoms with E-state index in [1.807, 2.05) is 0 Å². The number of pyridine rings is 1. The molecule has 0 saturated heterocycles. The summed E-state index contributed by atoms with van der Waals surface area (Å²) in [7, 11) is 1.67. The van der Waals surface area contributed by atoms with E-state index in [-0.39, 0.29) is 12.4 Å². The van der Waals surface area contributed by atoms with Crippen molar-refractivity contribution < 1.29 is 14.3 Å². The van der Waals surface area contributed by atoms with Gasteiger partial charge in [0.15, 0.2) is 0 Å². The number of hydrogen-bond donors (Lipinski definition) is 1. The molecule has 0 aliphatic carbocycles. The summed E-state index contributed by atoms with van der Waals surface area (Å²) in [4.78, 5) is 16.3. The topological polar surface area (TPSA) is 53.4 Å². The fourth-order valence-corrected chi connectivity index (χ4v) is 1.73. The van der Waals surface area contributed by atoms with E-state index in [0.29, 0.717) is 5.52 Å². The zero-order valence-corrected chi connectivity index (χ0v) is 9.22. The number of benzene rings is 1. The van der Waals surface area contributed by atoms with Crippen LogP contribution in [0, 0.1) is 5.82 Å². The van der Waals surface area contributed by atoms with Crippen molar-refractivity contribution in [1.82, 2.24) is 4.98 Å². The van der Waals surface area contributed by atoms with Crippen molar-refractivity contribution in [1.29, 1.82) is 0 Å². The summed E-state index contributed by atoms with van der Waals surface area (Å²) in [5, 5.41) is 9.48. The van der Waals surface area contributed by atoms with Crippen LogP contribution in [0.1, 0.15) is 0 Å². The monoisotopic (exact) mass is 234 g/mol. The number of halogens is 1. The first-order valence-electron chi connectivity index (χ1n) is 5.05. The van der Waals surface area contributed by atoms with Gasteiger partial charge in [0.1, 0.15) is 12.4 Å². The van der Waals surface area contributed by atoms with Crippen LogP contribution in [0.4, 0.5) is 10.1 Å². The fraction of sp³-hybridized carbons (Fsp3) is 0.167. The summed E-state index contributed by atoms with van der Waals surface area (Å²) in [6, 6.07) is 5.98. The first kappa shape index (κ1) is 11.3. The molecular weight excluding hydrogens is 223 g/mol. The smallest absolute Gasteiger partial charge is 0.323 e. The van der Waals surface area contributed by atoms with E-state index < -0.39 is 5.97 Å². The molecule has 0 fully saturated rings. The summed E-state index contributed by atoms with van der Waals surface area (Å²) in [6.45, 7) is -0.115. The predicted molar refractivity (Wildman–Crippen MR) is 62.6 cm³/mol. The Morgan fingerprint density at radius 2 is 2.24 bits per heavy atom. The van der Waals surface area contributed by atoms with E-state index in [9.17, 15) is 9.18 Å². The summed E-state index contributed by atoms with van der Waals surface area (Å²) in [5.74, 6) is -1.28. The summed E-state index contributed by atoms with van der Waals surface area (Å²) in [5.41, 5.74) is 1.23. The number of aliphatic carboxylic acids is 1. The minimum Gasteiger partial charge on any atom is -0.480 e. The van der Waals surface area contributed by atoms with Crippen molar-refractivity contribution in [3.63, 3.8) is 0 Å². The number of carboxylic acid groups (broad SMARTS) is 1. The van der Waals surface area contributed by atoms with Crippen molar-refractivity contribution in [3.8, 4) is 0 Å². The molecule has 2 rings (SSSR count). The second kappa shape index (κ2) is 4.37. The van der Waals surface area contributed by atoms with Gasteiger partial charge in [-0.2, -0.15) is 0 Å². The van der Waals surface area contributed by atoms with E-state index in [1.54, 1.807) is 24.1 Å². The lowest BCUT2D eigenvalue weighted by Gasteiger charge is -2.18. The van der Waals surface area contributed by atoms with Crippen molar-refractivity contribution in [2.24, 2.45) is 0 Å². The molecule has 2 aromatic rings. The molecule has 0 unspecified atom stereocenters. The Bertz CT molecular complexity index is 571. The van der Waals surface area contributed by atoms with Gasteiger partial charge in [0, 0.05) is 30.4 Å². The molecule has 0 bridgehead atoms. The highest BCUT2D eigenvalue weighted by Crippen LogP contribution is 2.24. The molecule has 0 amide bonds. The number of carbonyl (C=O) groups is 1. The highest BCUT2D eigenvalue weighted by Gasteiger charge is 2.09. The second-order valence-electron chi connectivity index (χ2n) is 3.74. The van der Waals surface area contributed by atoms with Gasteiger partial charge in [-0.3, -0.25) is 9.78 Å². The maximum atomic E-state index is 13.0. The van der Waals surface area contributed by atoms with E-state index >= 15 is 0 Å². The molecule has 0 atom stereocenters. The number of likely N-dealkylation sites (N-methyl/N-ethyl adjacent to an activating group) is 1. The van der Waals surface area contributed by atoms with Crippen LogP contribution in [-0.4, -0.2) is 29.7 Å². The van der Waals surface area contributed by atoms with Crippen molar-refractivity contribution in [3.05, 3.63) is 36.3 Å². The first-order chi connectivity index (χ1) is 8.08. The minimum absolute atomic E-state index is 0.115. The van der Waals surface area contributed by atoms with Crippen LogP contribution in [-0.2, 0) is 4.79 Å². The predicted octanol–water partition coefficient (Wildman–Crippen LogP) is 1.89. The van der Waals surface area contributed by atoms with Crippen molar-refractivity contribution in [2.45, 2.75) is 0 Å². The maximum Gasteiger partial charge on any atom is 0.323 e. The summed E-state index contributed by atoms with van der Waals surface area (Å²) >= 11 is 0. The molecule has 1 aromatic heterocycles. The number of nitrogens with zero attached hydrogens (tertiary/aromatic N) is 2. The molecular formula is C12H11FN2O2. The molecule has 1 heterocycles. The number of carboxylic acids is 1. The SMILES string of the molecule is CN(CC(=O)O)c1ccnc2cc(F)ccc12. The Balaban J connectivity index is 2.50. The average Bonchev–Trinajstić information content (AvgIpc) is 2.26. The highest BCUT2D eigenvalue weighted by molar-refractivity contribution is 5.92. The van der Waals surface area contributed by atoms with E-state index in [0.717, 1.165) is 11.1 Å². The molecule has 0 aliphatic heterocycles. The van der Waals surface area contributed by atoms with Crippen LogP contribution in [0.2, 0.25) is 0 Å². The molecule has 0 spiro atoms. The largest absolute Gasteiger partial charge is 0.480 e. The summed E-state index contributed by atoms with van der Waals surface area (Å²) < 4.78 is 13.0. The summed E-state index contributed by atoms with van der Waals surface area (Å²) in [6.07, 6.45) is 1.54. The average molecular weight is 234 g/mol. The molecule has 17 heavy (non-hydrogen) atoms. The van der Waals surface area contributed by atoms with Crippen LogP contribution in [0.3, 0.4) is 0 Å². The van der Waals surface area contributed by atoms with Gasteiger partial charge in [-0.1, -0.05) is 0 Å². The van der Waals surface area contributed by atoms with Crippen LogP contribution in [0.5, 0.6) is 0 Å². The Morgan fingerprint density at radius 1 is 1.47 bits per heavy atom. The van der Waals surface area contributed by atoms with E-state index in [4.69, 9.17) is 5.11 Å². The number of hydrogen-bond acceptors (Lipinski definition) is 3. The van der Waals surface area contributed by atoms with Crippen LogP contribution in [0.15, 0.2) is 30.5 Å². The highest BCUT2D eigenvalue weighted by atomic mass is 19.1. The number of fused-ring (bicyclic) bond motifs is 1. The van der Waals surface area contributed by atoms with Crippen molar-refractivity contribution >= 4 is 22.6 Å². The molecule has 4 nitrogen and oxygen atoms in total. The molecule has 88 valence electrons. The van der Waals surface area contributed by atoms with Gasteiger partial charge in [-0.05, 0) is 18.2 Å². The standard InChI is InChI=1S/C12H11FN2O2/c1-15(7-12(16)17)11-4-5-14-10-6-8(13)2-3-9(10)11/h2-6H,7H2,1H3,(H,16,17). The minimum atomic E-state index is -0.917. The Labute approximate surface area is 97.3 Å². The quantitative estimate of drug-likeness (QED) is 0.881. The lowest BCUT2D eigenvalue weighted by atomic mass is 10.1. The second-order valence-corrected chi connectivity index (χ2v) is 3.74. The first-order valence-corrected chi connectivity index (χ1v) is 5.05. The number of aromatic nitrogens is 1. The lowest BCUT2D eigenvalue weighted by Crippen LogP contribution is -2.25. The Kier molecular flexibility index (Phi) is 2.91. The Morgan fingerprint density at radius 3 is 2.94 bits per heavy atom. The maximum absolute atomic E-state index is 13.0. The third kappa shape index (κ3) is 2.33. The molecule has 0 saturated carbocycles. The third-order valence-corrected chi connectivity index (χ3v) is 2.47. The Hall–Kier alpha value is -2.17. The zero-order valence-electron chi connectivity index (χ0n) is 9.22. The van der Waals surface area contributed by atoms with Gasteiger partial charge in [0.25, 0.3) is 0 Å². The third-order valence-electron chi connectivity index (χ3n) is 2.47.